The van der Waals surface area contributed by atoms with Crippen LogP contribution in [-0.4, -0.2) is 38.4 Å². The summed E-state index contributed by atoms with van der Waals surface area (Å²) in [5.41, 5.74) is 0. The summed E-state index contributed by atoms with van der Waals surface area (Å²) in [7, 11) is 4.60. The van der Waals surface area contributed by atoms with Crippen molar-refractivity contribution in [2.75, 3.05) is 21.3 Å². The number of carboxylic acids is 1. The number of hydrogen-bond acceptors (Lipinski definition) is 4. The zero-order chi connectivity index (χ0) is 10.6. The lowest BCUT2D eigenvalue weighted by Gasteiger charge is -1.80. The molecule has 0 radical (unpaired) electrons. The minimum Gasteiger partial charge on any atom is -0.481 e. The fourth-order valence-corrected chi connectivity index (χ4v) is 0. The monoisotopic (exact) mass is 180 g/mol. The highest BCUT2D eigenvalue weighted by molar-refractivity contribution is 5.65. The van der Waals surface area contributed by atoms with Gasteiger partial charge in [-0.15, -0.1) is 0 Å². The maximum atomic E-state index is 9.59. The van der Waals surface area contributed by atoms with Crippen LogP contribution in [0.4, 0.5) is 0 Å². The van der Waals surface area contributed by atoms with Crippen molar-refractivity contribution in [1.82, 2.24) is 0 Å². The van der Waals surface area contributed by atoms with Crippen LogP contribution in [0.5, 0.6) is 0 Å². The quantitative estimate of drug-likeness (QED) is 0.550. The first-order chi connectivity index (χ1) is 5.42. The molecule has 0 amide bonds. The van der Waals surface area contributed by atoms with Crippen molar-refractivity contribution in [3.05, 3.63) is 0 Å². The Kier molecular flexibility index (Phi) is 23.5. The molecule has 0 bridgehead atoms. The lowest BCUT2D eigenvalue weighted by Crippen LogP contribution is -1.88. The van der Waals surface area contributed by atoms with Gasteiger partial charge in [0.1, 0.15) is 0 Å². The summed E-state index contributed by atoms with van der Waals surface area (Å²) in [5, 5.41) is 7.42. The third-order valence-corrected chi connectivity index (χ3v) is 0.287. The Bertz CT molecular complexity index is 106. The Labute approximate surface area is 72.3 Å². The third kappa shape index (κ3) is 686. The number of ether oxygens (including phenoxy) is 2. The van der Waals surface area contributed by atoms with Gasteiger partial charge in [0.25, 0.3) is 5.97 Å². The summed E-state index contributed by atoms with van der Waals surface area (Å²) in [5.74, 6) is -1.08. The molecule has 0 aliphatic carbocycles. The lowest BCUT2D eigenvalue weighted by atomic mass is 10.8. The highest BCUT2D eigenvalue weighted by atomic mass is 16.5. The minimum absolute atomic E-state index is 0.245. The molecule has 5 heteroatoms. The van der Waals surface area contributed by atoms with Gasteiger partial charge < -0.3 is 14.6 Å². The molecule has 74 valence electrons. The Morgan fingerprint density at radius 2 is 1.17 bits per heavy atom. The van der Waals surface area contributed by atoms with Gasteiger partial charge in [0.05, 0.1) is 7.11 Å². The molecule has 0 aromatic carbocycles. The van der Waals surface area contributed by atoms with Crippen LogP contribution in [0.15, 0.2) is 0 Å². The zero-order valence-corrected chi connectivity index (χ0v) is 8.08. The van der Waals surface area contributed by atoms with E-state index in [4.69, 9.17) is 9.90 Å². The molecule has 12 heavy (non-hydrogen) atoms. The van der Waals surface area contributed by atoms with Crippen molar-refractivity contribution in [1.29, 1.82) is 0 Å². The van der Waals surface area contributed by atoms with Crippen LogP contribution in [0, 0.1) is 0 Å². The number of carbonyl (C=O) groups is 2. The molecule has 0 aliphatic heterocycles. The molecule has 0 aromatic rings. The Morgan fingerprint density at radius 3 is 1.17 bits per heavy atom. The van der Waals surface area contributed by atoms with E-state index in [0.717, 1.165) is 6.92 Å². The first-order valence-electron chi connectivity index (χ1n) is 3.06. The average molecular weight is 180 g/mol. The predicted molar refractivity (Wildman–Crippen MR) is 43.9 cm³/mol. The number of rotatable bonds is 0. The predicted octanol–water partition coefficient (Wildman–Crippen LogP) is 0.533. The number of carbonyl (C=O) groups excluding carboxylic acids is 1. The highest BCUT2D eigenvalue weighted by Crippen LogP contribution is 1.60. The van der Waals surface area contributed by atoms with E-state index in [1.807, 2.05) is 0 Å². The zero-order valence-electron chi connectivity index (χ0n) is 8.08. The summed E-state index contributed by atoms with van der Waals surface area (Å²) in [6.07, 6.45) is 0. The summed E-state index contributed by atoms with van der Waals surface area (Å²) >= 11 is 0. The standard InChI is InChI=1S/C3H6O2.C2H4O2.C2H6O/c1-3(4)5-2;1-2(3)4;1-3-2/h1-2H3;1H3,(H,3,4);1-2H3. The molecule has 0 aromatic heterocycles. The van der Waals surface area contributed by atoms with E-state index in [2.05, 4.69) is 9.47 Å². The van der Waals surface area contributed by atoms with Crippen molar-refractivity contribution >= 4 is 11.9 Å². The van der Waals surface area contributed by atoms with Crippen molar-refractivity contribution in [3.63, 3.8) is 0 Å². The summed E-state index contributed by atoms with van der Waals surface area (Å²) < 4.78 is 8.36. The second kappa shape index (κ2) is 16.5. The highest BCUT2D eigenvalue weighted by Gasteiger charge is 1.75. The fourth-order valence-electron chi connectivity index (χ4n) is 0. The van der Waals surface area contributed by atoms with Gasteiger partial charge >= 0.3 is 5.97 Å². The van der Waals surface area contributed by atoms with Crippen LogP contribution in [0.25, 0.3) is 0 Å². The van der Waals surface area contributed by atoms with Crippen molar-refractivity contribution in [3.8, 4) is 0 Å². The molecule has 0 unspecified atom stereocenters. The maximum Gasteiger partial charge on any atom is 0.302 e. The minimum atomic E-state index is -0.833. The molecule has 0 saturated carbocycles. The van der Waals surface area contributed by atoms with Gasteiger partial charge in [-0.25, -0.2) is 0 Å². The van der Waals surface area contributed by atoms with E-state index in [1.54, 1.807) is 14.2 Å². The van der Waals surface area contributed by atoms with Gasteiger partial charge in [-0.2, -0.15) is 0 Å². The van der Waals surface area contributed by atoms with Gasteiger partial charge in [-0.3, -0.25) is 9.59 Å². The van der Waals surface area contributed by atoms with Gasteiger partial charge in [-0.05, 0) is 0 Å². The van der Waals surface area contributed by atoms with E-state index >= 15 is 0 Å². The van der Waals surface area contributed by atoms with Crippen molar-refractivity contribution < 1.29 is 24.2 Å². The smallest absolute Gasteiger partial charge is 0.302 e. The molecule has 0 saturated heterocycles. The molecule has 1 N–H and O–H groups in total. The molecule has 5 nitrogen and oxygen atoms in total. The van der Waals surface area contributed by atoms with Gasteiger partial charge in [0.2, 0.25) is 0 Å². The van der Waals surface area contributed by atoms with E-state index < -0.39 is 5.97 Å². The first kappa shape index (κ1) is 17.1. The fraction of sp³-hybridized carbons (Fsp3) is 0.714. The molecule has 0 heterocycles. The summed E-state index contributed by atoms with van der Waals surface area (Å²) in [6, 6.07) is 0. The Morgan fingerprint density at radius 1 is 1.08 bits per heavy atom. The second-order valence-corrected chi connectivity index (χ2v) is 1.62. The molecule has 0 rings (SSSR count). The van der Waals surface area contributed by atoms with Crippen LogP contribution in [-0.2, 0) is 19.1 Å². The third-order valence-electron chi connectivity index (χ3n) is 0.287. The van der Waals surface area contributed by atoms with Gasteiger partial charge in [0, 0.05) is 28.1 Å². The normalized spacial score (nSPS) is 6.42. The molecule has 0 aliphatic rings. The number of methoxy groups -OCH3 is 2. The van der Waals surface area contributed by atoms with Gasteiger partial charge in [0.15, 0.2) is 0 Å². The summed E-state index contributed by atoms with van der Waals surface area (Å²) in [6.45, 7) is 2.44. The Balaban J connectivity index is -0.000000105. The van der Waals surface area contributed by atoms with Crippen molar-refractivity contribution in [2.24, 2.45) is 0 Å². The molecular formula is C7H16O5. The number of hydrogen-bond donors (Lipinski definition) is 1. The second-order valence-electron chi connectivity index (χ2n) is 1.62. The molecular weight excluding hydrogens is 164 g/mol. The lowest BCUT2D eigenvalue weighted by molar-refractivity contribution is -0.138. The SMILES string of the molecule is CC(=O)O.COC.COC(C)=O. The van der Waals surface area contributed by atoms with Crippen LogP contribution in [0.3, 0.4) is 0 Å². The van der Waals surface area contributed by atoms with Crippen LogP contribution >= 0.6 is 0 Å². The van der Waals surface area contributed by atoms with Crippen molar-refractivity contribution in [2.45, 2.75) is 13.8 Å². The van der Waals surface area contributed by atoms with E-state index in [-0.39, 0.29) is 5.97 Å². The van der Waals surface area contributed by atoms with Crippen LogP contribution < -0.4 is 0 Å². The largest absolute Gasteiger partial charge is 0.481 e. The number of esters is 1. The van der Waals surface area contributed by atoms with E-state index in [0.29, 0.717) is 0 Å². The molecule has 0 fully saturated rings. The van der Waals surface area contributed by atoms with Crippen LogP contribution in [0.2, 0.25) is 0 Å². The summed E-state index contributed by atoms with van der Waals surface area (Å²) in [4.78, 5) is 18.6. The Hall–Kier alpha value is -1.10. The van der Waals surface area contributed by atoms with E-state index in [1.165, 1.54) is 14.0 Å². The maximum absolute atomic E-state index is 9.59. The first-order valence-corrected chi connectivity index (χ1v) is 3.06. The topological polar surface area (TPSA) is 72.8 Å². The number of carboxylic acid groups (broad SMARTS) is 1. The van der Waals surface area contributed by atoms with E-state index in [9.17, 15) is 4.79 Å². The van der Waals surface area contributed by atoms with Crippen LogP contribution in [0.1, 0.15) is 13.8 Å². The van der Waals surface area contributed by atoms with Gasteiger partial charge in [-0.1, -0.05) is 0 Å². The average Bonchev–Trinajstić information content (AvgIpc) is 1.88. The molecule has 0 spiro atoms. The molecule has 0 atom stereocenters. The number of aliphatic carboxylic acids is 1.